The first-order valence-electron chi connectivity index (χ1n) is 7.44. The Morgan fingerprint density at radius 3 is 2.88 bits per heavy atom. The number of carboxylic acids is 1. The number of thiocarbonyl (C=S) groups is 1. The second-order valence-electron chi connectivity index (χ2n) is 5.27. The van der Waals surface area contributed by atoms with E-state index in [4.69, 9.17) is 26.8 Å². The van der Waals surface area contributed by atoms with Gasteiger partial charge in [0.2, 0.25) is 0 Å². The van der Waals surface area contributed by atoms with Crippen molar-refractivity contribution in [1.82, 2.24) is 4.90 Å². The number of hydrogen-bond acceptors (Lipinski definition) is 7. The average molecular weight is 464 g/mol. The Bertz CT molecular complexity index is 742. The van der Waals surface area contributed by atoms with Gasteiger partial charge < -0.3 is 14.6 Å². The first kappa shape index (κ1) is 19.0. The maximum atomic E-state index is 12.6. The molecule has 0 bridgehead atoms. The number of nitrogens with zero attached hydrogens (tertiary/aromatic N) is 1. The zero-order chi connectivity index (χ0) is 18.0. The fourth-order valence-corrected chi connectivity index (χ4v) is 5.48. The number of carboxylic acid groups (broad SMARTS) is 1. The molecule has 0 atom stereocenters. The number of amides is 1. The minimum atomic E-state index is -0.884. The number of halogens is 1. The molecule has 0 unspecified atom stereocenters. The number of aliphatic carboxylic acids is 1. The lowest BCUT2D eigenvalue weighted by atomic mass is 10.2. The zero-order valence-electron chi connectivity index (χ0n) is 12.9. The van der Waals surface area contributed by atoms with Gasteiger partial charge in [0.05, 0.1) is 18.1 Å². The Balaban J connectivity index is 1.77. The summed E-state index contributed by atoms with van der Waals surface area (Å²) < 4.78 is 12.5. The van der Waals surface area contributed by atoms with Gasteiger partial charge in [-0.3, -0.25) is 14.5 Å². The molecule has 3 rings (SSSR count). The van der Waals surface area contributed by atoms with Gasteiger partial charge in [-0.1, -0.05) is 24.0 Å². The summed E-state index contributed by atoms with van der Waals surface area (Å²) in [6.45, 7) is 1.39. The van der Waals surface area contributed by atoms with E-state index in [1.807, 2.05) is 5.38 Å². The maximum Gasteiger partial charge on any atom is 0.303 e. The van der Waals surface area contributed by atoms with Crippen LogP contribution in [0.15, 0.2) is 14.8 Å². The molecule has 0 spiro atoms. The summed E-state index contributed by atoms with van der Waals surface area (Å²) in [5.74, 6) is -1.07. The van der Waals surface area contributed by atoms with E-state index in [1.54, 1.807) is 6.08 Å². The highest BCUT2D eigenvalue weighted by Gasteiger charge is 2.33. The normalized spacial score (nSPS) is 20.2. The van der Waals surface area contributed by atoms with Gasteiger partial charge in [0.15, 0.2) is 6.29 Å². The van der Waals surface area contributed by atoms with Crippen LogP contribution in [0, 0.1) is 0 Å². The van der Waals surface area contributed by atoms with Crippen LogP contribution in [0.1, 0.15) is 29.6 Å². The van der Waals surface area contributed by atoms with Gasteiger partial charge in [0.25, 0.3) is 5.91 Å². The molecule has 2 fully saturated rings. The van der Waals surface area contributed by atoms with Crippen molar-refractivity contribution in [3.05, 3.63) is 25.2 Å². The number of hydrogen-bond donors (Lipinski definition) is 1. The summed E-state index contributed by atoms with van der Waals surface area (Å²) in [4.78, 5) is 26.1. The number of carbonyl (C=O) groups is 2. The van der Waals surface area contributed by atoms with Crippen LogP contribution in [0.4, 0.5) is 0 Å². The molecule has 25 heavy (non-hydrogen) atoms. The van der Waals surface area contributed by atoms with Crippen molar-refractivity contribution >= 4 is 73.5 Å². The Labute approximate surface area is 166 Å². The molecule has 1 N–H and O–H groups in total. The molecule has 3 heterocycles. The summed E-state index contributed by atoms with van der Waals surface area (Å²) in [6, 6.07) is 0. The minimum Gasteiger partial charge on any atom is -0.481 e. The van der Waals surface area contributed by atoms with Crippen LogP contribution in [0.2, 0.25) is 0 Å². The summed E-state index contributed by atoms with van der Waals surface area (Å²) in [7, 11) is 0. The predicted octanol–water partition coefficient (Wildman–Crippen LogP) is 3.62. The van der Waals surface area contributed by atoms with Crippen LogP contribution in [0.5, 0.6) is 0 Å². The Hall–Kier alpha value is -0.780. The van der Waals surface area contributed by atoms with E-state index >= 15 is 0 Å². The highest BCUT2D eigenvalue weighted by atomic mass is 79.9. The molecule has 2 aliphatic heterocycles. The third kappa shape index (κ3) is 4.32. The molecule has 0 radical (unpaired) electrons. The number of carbonyl (C=O) groups excluding carboxylic acids is 1. The molecule has 6 nitrogen and oxygen atoms in total. The van der Waals surface area contributed by atoms with Crippen LogP contribution in [0.25, 0.3) is 6.08 Å². The van der Waals surface area contributed by atoms with Crippen molar-refractivity contribution < 1.29 is 24.2 Å². The van der Waals surface area contributed by atoms with E-state index < -0.39 is 12.3 Å². The van der Waals surface area contributed by atoms with Gasteiger partial charge in [-0.05, 0) is 28.4 Å². The van der Waals surface area contributed by atoms with E-state index in [1.165, 1.54) is 28.0 Å². The lowest BCUT2D eigenvalue weighted by molar-refractivity contribution is -0.137. The molecule has 1 aromatic rings. The van der Waals surface area contributed by atoms with E-state index in [0.29, 0.717) is 35.4 Å². The highest BCUT2D eigenvalue weighted by molar-refractivity contribution is 9.10. The lowest BCUT2D eigenvalue weighted by Gasteiger charge is -2.13. The molecule has 2 saturated heterocycles. The largest absolute Gasteiger partial charge is 0.481 e. The molecule has 10 heteroatoms. The van der Waals surface area contributed by atoms with E-state index in [-0.39, 0.29) is 12.3 Å². The van der Waals surface area contributed by atoms with Gasteiger partial charge in [-0.25, -0.2) is 0 Å². The number of thioether (sulfide) groups is 1. The molecule has 0 saturated carbocycles. The maximum absolute atomic E-state index is 12.6. The van der Waals surface area contributed by atoms with Crippen LogP contribution in [0.3, 0.4) is 0 Å². The summed E-state index contributed by atoms with van der Waals surface area (Å²) in [5.41, 5.74) is 0.874. The predicted molar refractivity (Wildman–Crippen MR) is 103 cm³/mol. The average Bonchev–Trinajstić information content (AvgIpc) is 3.24. The SMILES string of the molecule is O=C(O)CCCN1C(=O)C(=Cc2scc(Br)c2C2OCCO2)SC1=S. The summed E-state index contributed by atoms with van der Waals surface area (Å²) in [6.07, 6.45) is 1.74. The number of thiophene rings is 1. The lowest BCUT2D eigenvalue weighted by Crippen LogP contribution is -2.29. The minimum absolute atomic E-state index is 0.00842. The molecule has 0 aliphatic carbocycles. The molecular weight excluding hydrogens is 450 g/mol. The van der Waals surface area contributed by atoms with Crippen molar-refractivity contribution in [3.63, 3.8) is 0 Å². The van der Waals surface area contributed by atoms with Crippen molar-refractivity contribution in [2.75, 3.05) is 19.8 Å². The summed E-state index contributed by atoms with van der Waals surface area (Å²) >= 11 is 11.5. The zero-order valence-corrected chi connectivity index (χ0v) is 16.9. The second-order valence-corrected chi connectivity index (χ2v) is 8.71. The quantitative estimate of drug-likeness (QED) is 0.509. The van der Waals surface area contributed by atoms with E-state index in [9.17, 15) is 9.59 Å². The van der Waals surface area contributed by atoms with Crippen molar-refractivity contribution in [1.29, 1.82) is 0 Å². The van der Waals surface area contributed by atoms with Crippen LogP contribution < -0.4 is 0 Å². The third-order valence-corrected chi connectivity index (χ3v) is 6.86. The number of ether oxygens (including phenoxy) is 2. The molecular formula is C15H14BrNO5S3. The topological polar surface area (TPSA) is 76.1 Å². The van der Waals surface area contributed by atoms with Gasteiger partial charge in [0.1, 0.15) is 4.32 Å². The van der Waals surface area contributed by atoms with E-state index in [2.05, 4.69) is 15.9 Å². The standard InChI is InChI=1S/C15H14BrNO5S3/c16-8-7-24-9(12(8)14-21-4-5-22-14)6-10-13(20)17(15(23)25-10)3-1-2-11(18)19/h6-7,14H,1-5H2,(H,18,19). The van der Waals surface area contributed by atoms with E-state index in [0.717, 1.165) is 14.9 Å². The van der Waals surface area contributed by atoms with Crippen LogP contribution in [-0.4, -0.2) is 46.0 Å². The summed E-state index contributed by atoms with van der Waals surface area (Å²) in [5, 5.41) is 10.7. The second kappa shape index (κ2) is 8.28. The molecule has 1 aromatic heterocycles. The van der Waals surface area contributed by atoms with Crippen LogP contribution >= 0.6 is 51.2 Å². The van der Waals surface area contributed by atoms with Crippen molar-refractivity contribution in [2.45, 2.75) is 19.1 Å². The Morgan fingerprint density at radius 1 is 1.48 bits per heavy atom. The van der Waals surface area contributed by atoms with Gasteiger partial charge in [0, 0.05) is 33.3 Å². The van der Waals surface area contributed by atoms with Crippen LogP contribution in [-0.2, 0) is 19.1 Å². The molecule has 134 valence electrons. The molecule has 2 aliphatic rings. The third-order valence-electron chi connectivity index (χ3n) is 3.58. The number of rotatable bonds is 6. The van der Waals surface area contributed by atoms with Gasteiger partial charge in [-0.15, -0.1) is 11.3 Å². The highest BCUT2D eigenvalue weighted by Crippen LogP contribution is 2.40. The smallest absolute Gasteiger partial charge is 0.303 e. The fourth-order valence-electron chi connectivity index (χ4n) is 2.43. The molecule has 0 aromatic carbocycles. The Kier molecular flexibility index (Phi) is 6.29. The van der Waals surface area contributed by atoms with Gasteiger partial charge in [-0.2, -0.15) is 0 Å². The fraction of sp³-hybridized carbons (Fsp3) is 0.400. The van der Waals surface area contributed by atoms with Crippen molar-refractivity contribution in [2.24, 2.45) is 0 Å². The van der Waals surface area contributed by atoms with Gasteiger partial charge >= 0.3 is 5.97 Å². The monoisotopic (exact) mass is 463 g/mol. The Morgan fingerprint density at radius 2 is 2.20 bits per heavy atom. The molecule has 1 amide bonds. The first-order valence-corrected chi connectivity index (χ1v) is 10.3. The van der Waals surface area contributed by atoms with Crippen molar-refractivity contribution in [3.8, 4) is 0 Å². The first-order chi connectivity index (χ1) is 12.0.